The number of halogens is 1. The third-order valence-electron chi connectivity index (χ3n) is 5.82. The van der Waals surface area contributed by atoms with E-state index in [9.17, 15) is 14.4 Å². The van der Waals surface area contributed by atoms with Gasteiger partial charge in [0.15, 0.2) is 5.78 Å². The number of Topliss-reactive ketones (excluding diaryl/α,β-unsaturated/α-hetero) is 1. The maximum absolute atomic E-state index is 12.5. The fraction of sp³-hybridized carbons (Fsp3) is 0.889. The van der Waals surface area contributed by atoms with Crippen LogP contribution >= 0.6 is 15.9 Å². The summed E-state index contributed by atoms with van der Waals surface area (Å²) in [5.74, 6) is 0.469. The second-order valence-corrected chi connectivity index (χ2v) is 10.5. The van der Waals surface area contributed by atoms with E-state index in [1.54, 1.807) is 13.8 Å². The SMILES string of the molecule is CC(C)[C@@H](C)CC(=O)C(C)(C)NC(=O)CCOCCOCCOCCOCCOCCOCCNC(=O)CBr. The van der Waals surface area contributed by atoms with E-state index in [-0.39, 0.29) is 41.9 Å². The minimum Gasteiger partial charge on any atom is -0.379 e. The number of alkyl halides is 1. The standard InChI is InChI=1S/C27H51BrN2O9/c1-22(2)23(3)20-24(31)27(4,5)30-25(32)6-8-34-10-12-36-14-16-38-18-19-39-17-15-37-13-11-35-9-7-29-26(33)21-28/h22-23H,6-21H2,1-5H3,(H,29,33)(H,30,32)/t23-/m0/s1. The van der Waals surface area contributed by atoms with Crippen LogP contribution in [-0.4, -0.2) is 114 Å². The molecule has 0 fully saturated rings. The predicted molar refractivity (Wildman–Crippen MR) is 152 cm³/mol. The van der Waals surface area contributed by atoms with Gasteiger partial charge in [0.2, 0.25) is 11.8 Å². The molecule has 0 aromatic rings. The zero-order valence-electron chi connectivity index (χ0n) is 24.5. The second-order valence-electron chi connectivity index (χ2n) is 9.93. The van der Waals surface area contributed by atoms with Crippen LogP contribution in [0.25, 0.3) is 0 Å². The number of hydrogen-bond donors (Lipinski definition) is 2. The first kappa shape index (κ1) is 37.9. The number of amides is 2. The first-order chi connectivity index (χ1) is 18.6. The average molecular weight is 628 g/mol. The first-order valence-electron chi connectivity index (χ1n) is 13.7. The molecule has 0 saturated carbocycles. The van der Waals surface area contributed by atoms with Crippen LogP contribution in [-0.2, 0) is 42.8 Å². The van der Waals surface area contributed by atoms with Gasteiger partial charge in [0.1, 0.15) is 0 Å². The normalized spacial score (nSPS) is 12.5. The van der Waals surface area contributed by atoms with Gasteiger partial charge in [-0.05, 0) is 25.7 Å². The van der Waals surface area contributed by atoms with Crippen LogP contribution in [0, 0.1) is 11.8 Å². The molecule has 11 nitrogen and oxygen atoms in total. The Morgan fingerprint density at radius 3 is 1.49 bits per heavy atom. The van der Waals surface area contributed by atoms with Gasteiger partial charge < -0.3 is 39.1 Å². The molecule has 0 aromatic carbocycles. The van der Waals surface area contributed by atoms with Gasteiger partial charge in [-0.25, -0.2) is 0 Å². The number of nitrogens with one attached hydrogen (secondary N) is 2. The quantitative estimate of drug-likeness (QED) is 0.104. The van der Waals surface area contributed by atoms with E-state index in [0.29, 0.717) is 91.6 Å². The summed E-state index contributed by atoms with van der Waals surface area (Å²) in [6.45, 7) is 15.4. The molecule has 0 saturated heterocycles. The van der Waals surface area contributed by atoms with E-state index in [0.717, 1.165) is 0 Å². The molecular formula is C27H51BrN2O9. The van der Waals surface area contributed by atoms with Crippen molar-refractivity contribution in [3.8, 4) is 0 Å². The van der Waals surface area contributed by atoms with Gasteiger partial charge in [-0.2, -0.15) is 0 Å². The van der Waals surface area contributed by atoms with E-state index in [2.05, 4.69) is 47.3 Å². The molecule has 0 aliphatic rings. The Balaban J connectivity index is 3.43. The molecule has 0 bridgehead atoms. The molecule has 0 spiro atoms. The number of carbonyl (C=O) groups is 3. The number of rotatable bonds is 27. The number of carbonyl (C=O) groups excluding carboxylic acids is 3. The molecule has 0 aliphatic carbocycles. The van der Waals surface area contributed by atoms with Crippen LogP contribution < -0.4 is 10.6 Å². The van der Waals surface area contributed by atoms with Crippen LogP contribution in [0.4, 0.5) is 0 Å². The van der Waals surface area contributed by atoms with Gasteiger partial charge >= 0.3 is 0 Å². The summed E-state index contributed by atoms with van der Waals surface area (Å²) >= 11 is 3.07. The Bertz CT molecular complexity index is 651. The Morgan fingerprint density at radius 2 is 1.08 bits per heavy atom. The molecule has 0 rings (SSSR count). The molecule has 12 heteroatoms. The molecule has 0 aliphatic heterocycles. The minimum absolute atomic E-state index is 0.0397. The van der Waals surface area contributed by atoms with E-state index in [1.165, 1.54) is 0 Å². The highest BCUT2D eigenvalue weighted by molar-refractivity contribution is 9.09. The summed E-state index contributed by atoms with van der Waals surface area (Å²) < 4.78 is 32.5. The Morgan fingerprint density at radius 1 is 0.667 bits per heavy atom. The van der Waals surface area contributed by atoms with Crippen LogP contribution in [0.5, 0.6) is 0 Å². The maximum Gasteiger partial charge on any atom is 0.230 e. The molecule has 0 heterocycles. The van der Waals surface area contributed by atoms with Crippen molar-refractivity contribution in [1.29, 1.82) is 0 Å². The third-order valence-corrected chi connectivity index (χ3v) is 6.33. The van der Waals surface area contributed by atoms with Crippen molar-refractivity contribution in [2.24, 2.45) is 11.8 Å². The number of ketones is 1. The Kier molecular flexibility index (Phi) is 23.9. The molecule has 2 amide bonds. The lowest BCUT2D eigenvalue weighted by atomic mass is 9.86. The lowest BCUT2D eigenvalue weighted by Crippen LogP contribution is -2.50. The second kappa shape index (κ2) is 24.6. The van der Waals surface area contributed by atoms with Crippen molar-refractivity contribution in [2.45, 2.75) is 53.0 Å². The van der Waals surface area contributed by atoms with Crippen LogP contribution in [0.15, 0.2) is 0 Å². The largest absolute Gasteiger partial charge is 0.379 e. The van der Waals surface area contributed by atoms with Crippen molar-refractivity contribution in [1.82, 2.24) is 10.6 Å². The smallest absolute Gasteiger partial charge is 0.230 e. The summed E-state index contributed by atoms with van der Waals surface area (Å²) in [6, 6.07) is 0. The fourth-order valence-corrected chi connectivity index (χ4v) is 3.14. The summed E-state index contributed by atoms with van der Waals surface area (Å²) in [5.41, 5.74) is -0.882. The van der Waals surface area contributed by atoms with Gasteiger partial charge in [-0.3, -0.25) is 14.4 Å². The summed E-state index contributed by atoms with van der Waals surface area (Å²) in [7, 11) is 0. The Labute approximate surface area is 242 Å². The van der Waals surface area contributed by atoms with Crippen molar-refractivity contribution < 1.29 is 42.8 Å². The predicted octanol–water partition coefficient (Wildman–Crippen LogP) is 2.13. The summed E-state index contributed by atoms with van der Waals surface area (Å²) in [4.78, 5) is 35.7. The fourth-order valence-electron chi connectivity index (χ4n) is 2.94. The average Bonchev–Trinajstić information content (AvgIpc) is 2.88. The molecule has 0 aromatic heterocycles. The van der Waals surface area contributed by atoms with Crippen molar-refractivity contribution in [3.63, 3.8) is 0 Å². The Hall–Kier alpha value is -1.15. The number of ether oxygens (including phenoxy) is 6. The number of hydrogen-bond acceptors (Lipinski definition) is 9. The summed E-state index contributed by atoms with van der Waals surface area (Å²) in [5, 5.41) is 5.79. The highest BCUT2D eigenvalue weighted by Gasteiger charge is 2.30. The monoisotopic (exact) mass is 626 g/mol. The highest BCUT2D eigenvalue weighted by Crippen LogP contribution is 2.18. The van der Waals surface area contributed by atoms with Gasteiger partial charge in [-0.1, -0.05) is 36.7 Å². The van der Waals surface area contributed by atoms with E-state index < -0.39 is 5.54 Å². The third kappa shape index (κ3) is 23.3. The molecule has 2 N–H and O–H groups in total. The zero-order chi connectivity index (χ0) is 29.4. The first-order valence-corrected chi connectivity index (χ1v) is 14.9. The molecular weight excluding hydrogens is 576 g/mol. The van der Waals surface area contributed by atoms with Gasteiger partial charge in [0, 0.05) is 19.4 Å². The van der Waals surface area contributed by atoms with Crippen LogP contribution in [0.2, 0.25) is 0 Å². The molecule has 1 atom stereocenters. The van der Waals surface area contributed by atoms with E-state index >= 15 is 0 Å². The van der Waals surface area contributed by atoms with Crippen molar-refractivity contribution in [3.05, 3.63) is 0 Å². The topological polar surface area (TPSA) is 131 Å². The molecule has 230 valence electrons. The molecule has 0 unspecified atom stereocenters. The lowest BCUT2D eigenvalue weighted by molar-refractivity contribution is -0.132. The van der Waals surface area contributed by atoms with Crippen LogP contribution in [0.1, 0.15) is 47.5 Å². The zero-order valence-corrected chi connectivity index (χ0v) is 26.1. The van der Waals surface area contributed by atoms with E-state index in [1.807, 2.05) is 0 Å². The van der Waals surface area contributed by atoms with E-state index in [4.69, 9.17) is 28.4 Å². The summed E-state index contributed by atoms with van der Waals surface area (Å²) in [6.07, 6.45) is 0.640. The maximum atomic E-state index is 12.5. The van der Waals surface area contributed by atoms with Crippen LogP contribution in [0.3, 0.4) is 0 Å². The van der Waals surface area contributed by atoms with Crippen molar-refractivity contribution >= 4 is 33.5 Å². The molecule has 0 radical (unpaired) electrons. The van der Waals surface area contributed by atoms with Gasteiger partial charge in [0.05, 0.1) is 90.2 Å². The minimum atomic E-state index is -0.882. The van der Waals surface area contributed by atoms with Gasteiger partial charge in [0.25, 0.3) is 0 Å². The van der Waals surface area contributed by atoms with Gasteiger partial charge in [-0.15, -0.1) is 0 Å². The van der Waals surface area contributed by atoms with Crippen molar-refractivity contribution in [2.75, 3.05) is 91.2 Å². The lowest BCUT2D eigenvalue weighted by Gasteiger charge is -2.27. The molecule has 39 heavy (non-hydrogen) atoms. The highest BCUT2D eigenvalue weighted by atomic mass is 79.9.